The van der Waals surface area contributed by atoms with E-state index < -0.39 is 30.7 Å². The average Bonchev–Trinajstić information content (AvgIpc) is 2.28. The molecule has 0 bridgehead atoms. The topological polar surface area (TPSA) is 88.4 Å². The zero-order valence-electron chi connectivity index (χ0n) is 10.4. The van der Waals surface area contributed by atoms with E-state index in [4.69, 9.17) is 14.2 Å². The van der Waals surface area contributed by atoms with Gasteiger partial charge in [-0.3, -0.25) is 0 Å². The molecule has 1 aliphatic heterocycles. The molecule has 0 saturated carbocycles. The first-order valence-electron chi connectivity index (χ1n) is 5.90. The van der Waals surface area contributed by atoms with Gasteiger partial charge in [-0.2, -0.15) is 0 Å². The van der Waals surface area contributed by atoms with Crippen molar-refractivity contribution < 1.29 is 29.5 Å². The fourth-order valence-corrected chi connectivity index (χ4v) is 1.64. The van der Waals surface area contributed by atoms with E-state index in [1.54, 1.807) is 6.92 Å². The van der Waals surface area contributed by atoms with Crippen LogP contribution in [0.5, 0.6) is 0 Å². The molecule has 17 heavy (non-hydrogen) atoms. The van der Waals surface area contributed by atoms with Crippen molar-refractivity contribution in [3.63, 3.8) is 0 Å². The Morgan fingerprint density at radius 1 is 1.12 bits per heavy atom. The number of rotatable bonds is 5. The summed E-state index contributed by atoms with van der Waals surface area (Å²) in [7, 11) is 0. The molecule has 1 unspecified atom stereocenters. The highest BCUT2D eigenvalue weighted by Gasteiger charge is 2.44. The monoisotopic (exact) mass is 250 g/mol. The maximum absolute atomic E-state index is 9.74. The van der Waals surface area contributed by atoms with E-state index in [0.717, 1.165) is 0 Å². The zero-order chi connectivity index (χ0) is 13.0. The van der Waals surface area contributed by atoms with Gasteiger partial charge in [-0.25, -0.2) is 0 Å². The summed E-state index contributed by atoms with van der Waals surface area (Å²) in [5.74, 6) is 0. The Labute approximate surface area is 101 Å². The Morgan fingerprint density at radius 2 is 1.76 bits per heavy atom. The fraction of sp³-hybridized carbons (Fsp3) is 1.00. The van der Waals surface area contributed by atoms with Gasteiger partial charge in [0, 0.05) is 6.61 Å². The molecule has 1 aliphatic rings. The van der Waals surface area contributed by atoms with Crippen LogP contribution in [0.3, 0.4) is 0 Å². The highest BCUT2D eigenvalue weighted by atomic mass is 16.7. The molecule has 0 amide bonds. The molecule has 6 nitrogen and oxygen atoms in total. The lowest BCUT2D eigenvalue weighted by atomic mass is 9.99. The Balaban J connectivity index is 2.58. The highest BCUT2D eigenvalue weighted by molar-refractivity contribution is 4.89. The average molecular weight is 250 g/mol. The van der Waals surface area contributed by atoms with Gasteiger partial charge in [-0.05, 0) is 20.8 Å². The van der Waals surface area contributed by atoms with E-state index in [0.29, 0.717) is 6.61 Å². The quantitative estimate of drug-likeness (QED) is 0.595. The van der Waals surface area contributed by atoms with Crippen LogP contribution in [0.15, 0.2) is 0 Å². The third kappa shape index (κ3) is 3.87. The second-order valence-electron chi connectivity index (χ2n) is 4.35. The summed E-state index contributed by atoms with van der Waals surface area (Å²) in [5.41, 5.74) is 0. The molecule has 6 heteroatoms. The largest absolute Gasteiger partial charge is 0.387 e. The van der Waals surface area contributed by atoms with E-state index in [2.05, 4.69) is 0 Å². The minimum absolute atomic E-state index is 0.000311. The first-order valence-corrected chi connectivity index (χ1v) is 5.90. The third-order valence-electron chi connectivity index (χ3n) is 2.59. The van der Waals surface area contributed by atoms with Gasteiger partial charge in [0.2, 0.25) is 0 Å². The SMILES string of the molecule is CCOC1O[C@@H](COC(C)C)[C@H](O)[C@@H](O)[C@@H]1O. The second-order valence-corrected chi connectivity index (χ2v) is 4.35. The molecule has 1 fully saturated rings. The molecule has 0 spiro atoms. The Kier molecular flexibility index (Phi) is 5.78. The van der Waals surface area contributed by atoms with Crippen molar-refractivity contribution >= 4 is 0 Å². The maximum Gasteiger partial charge on any atom is 0.186 e. The summed E-state index contributed by atoms with van der Waals surface area (Å²) in [6.45, 7) is 5.97. The number of hydrogen-bond acceptors (Lipinski definition) is 6. The number of aliphatic hydroxyl groups excluding tert-OH is 3. The highest BCUT2D eigenvalue weighted by Crippen LogP contribution is 2.22. The van der Waals surface area contributed by atoms with Crippen molar-refractivity contribution in [2.24, 2.45) is 0 Å². The summed E-state index contributed by atoms with van der Waals surface area (Å²) in [5, 5.41) is 29.0. The molecule has 1 heterocycles. The van der Waals surface area contributed by atoms with Crippen molar-refractivity contribution in [1.82, 2.24) is 0 Å². The number of hydrogen-bond donors (Lipinski definition) is 3. The summed E-state index contributed by atoms with van der Waals surface area (Å²) < 4.78 is 15.8. The van der Waals surface area contributed by atoms with Gasteiger partial charge >= 0.3 is 0 Å². The molecule has 0 aromatic rings. The van der Waals surface area contributed by atoms with E-state index in [1.165, 1.54) is 0 Å². The standard InChI is InChI=1S/C11H22O6/c1-4-15-11-10(14)9(13)8(12)7(17-11)5-16-6(2)3/h6-14H,4-5H2,1-3H3/t7-,8-,9+,10-,11?/m0/s1. The predicted molar refractivity (Wildman–Crippen MR) is 59.4 cm³/mol. The normalized spacial score (nSPS) is 38.6. The molecule has 0 aliphatic carbocycles. The third-order valence-corrected chi connectivity index (χ3v) is 2.59. The van der Waals surface area contributed by atoms with Crippen LogP contribution in [0.4, 0.5) is 0 Å². The Hall–Kier alpha value is -0.240. The van der Waals surface area contributed by atoms with Crippen LogP contribution in [0.2, 0.25) is 0 Å². The first kappa shape index (κ1) is 14.8. The predicted octanol–water partition coefficient (Wildman–Crippen LogP) is -0.744. The molecular weight excluding hydrogens is 228 g/mol. The lowest BCUT2D eigenvalue weighted by Crippen LogP contribution is -2.59. The van der Waals surface area contributed by atoms with Crippen molar-refractivity contribution in [2.45, 2.75) is 57.6 Å². The van der Waals surface area contributed by atoms with Gasteiger partial charge in [-0.1, -0.05) is 0 Å². The van der Waals surface area contributed by atoms with Gasteiger partial charge in [0.15, 0.2) is 6.29 Å². The molecule has 1 rings (SSSR count). The summed E-state index contributed by atoms with van der Waals surface area (Å²) in [6, 6.07) is 0. The van der Waals surface area contributed by atoms with Crippen molar-refractivity contribution in [3.8, 4) is 0 Å². The van der Waals surface area contributed by atoms with Crippen LogP contribution in [0.25, 0.3) is 0 Å². The lowest BCUT2D eigenvalue weighted by Gasteiger charge is -2.40. The van der Waals surface area contributed by atoms with E-state index >= 15 is 0 Å². The van der Waals surface area contributed by atoms with Gasteiger partial charge in [0.1, 0.15) is 24.4 Å². The van der Waals surface area contributed by atoms with E-state index in [-0.39, 0.29) is 12.7 Å². The van der Waals surface area contributed by atoms with E-state index in [9.17, 15) is 15.3 Å². The molecule has 0 radical (unpaired) electrons. The second kappa shape index (κ2) is 6.63. The van der Waals surface area contributed by atoms with E-state index in [1.807, 2.05) is 13.8 Å². The molecule has 5 atom stereocenters. The number of ether oxygens (including phenoxy) is 3. The lowest BCUT2D eigenvalue weighted by molar-refractivity contribution is -0.302. The summed E-state index contributed by atoms with van der Waals surface area (Å²) in [6.07, 6.45) is -5.35. The van der Waals surface area contributed by atoms with Gasteiger partial charge in [0.25, 0.3) is 0 Å². The number of aliphatic hydroxyl groups is 3. The molecular formula is C11H22O6. The van der Waals surface area contributed by atoms with Gasteiger partial charge in [-0.15, -0.1) is 0 Å². The zero-order valence-corrected chi connectivity index (χ0v) is 10.4. The van der Waals surface area contributed by atoms with Crippen LogP contribution in [0.1, 0.15) is 20.8 Å². The van der Waals surface area contributed by atoms with Gasteiger partial charge < -0.3 is 29.5 Å². The van der Waals surface area contributed by atoms with Crippen molar-refractivity contribution in [3.05, 3.63) is 0 Å². The molecule has 0 aromatic carbocycles. The first-order chi connectivity index (χ1) is 7.97. The van der Waals surface area contributed by atoms with Crippen LogP contribution in [0, 0.1) is 0 Å². The van der Waals surface area contributed by atoms with Crippen LogP contribution < -0.4 is 0 Å². The smallest absolute Gasteiger partial charge is 0.186 e. The Morgan fingerprint density at radius 3 is 2.29 bits per heavy atom. The summed E-state index contributed by atoms with van der Waals surface area (Å²) in [4.78, 5) is 0. The van der Waals surface area contributed by atoms with Crippen molar-refractivity contribution in [1.29, 1.82) is 0 Å². The van der Waals surface area contributed by atoms with Crippen molar-refractivity contribution in [2.75, 3.05) is 13.2 Å². The Bertz CT molecular complexity index is 222. The van der Waals surface area contributed by atoms with Gasteiger partial charge in [0.05, 0.1) is 12.7 Å². The van der Waals surface area contributed by atoms with Crippen LogP contribution in [-0.4, -0.2) is 65.3 Å². The molecule has 1 saturated heterocycles. The maximum atomic E-state index is 9.74. The minimum atomic E-state index is -1.29. The molecule has 3 N–H and O–H groups in total. The minimum Gasteiger partial charge on any atom is -0.387 e. The summed E-state index contributed by atoms with van der Waals surface area (Å²) >= 11 is 0. The van der Waals surface area contributed by atoms with Crippen LogP contribution >= 0.6 is 0 Å². The molecule has 0 aromatic heterocycles. The van der Waals surface area contributed by atoms with Crippen LogP contribution in [-0.2, 0) is 14.2 Å². The molecule has 102 valence electrons. The fourth-order valence-electron chi connectivity index (χ4n) is 1.64.